The smallest absolute Gasteiger partial charge is 0.266 e. The summed E-state index contributed by atoms with van der Waals surface area (Å²) in [6.45, 7) is 1.35. The standard InChI is InChI=1S/C23H23N3O5/c1-29-18-7-4-16(5-8-18)19-9-11-23(28)26(25-19)12-2-3-22(27)24-17-6-10-20-21(15-17)31-14-13-30-20/h4-11,15H,2-3,12-14H2,1H3,(H,24,27). The van der Waals surface area contributed by atoms with Crippen molar-refractivity contribution in [3.8, 4) is 28.5 Å². The first kappa shape index (κ1) is 20.5. The van der Waals surface area contributed by atoms with Gasteiger partial charge >= 0.3 is 0 Å². The minimum atomic E-state index is -0.204. The van der Waals surface area contributed by atoms with Crippen LogP contribution in [0.5, 0.6) is 17.2 Å². The molecule has 0 spiro atoms. The summed E-state index contributed by atoms with van der Waals surface area (Å²) in [7, 11) is 1.61. The van der Waals surface area contributed by atoms with Crippen LogP contribution in [0.4, 0.5) is 5.69 Å². The fraction of sp³-hybridized carbons (Fsp3) is 0.261. The van der Waals surface area contributed by atoms with Crippen LogP contribution >= 0.6 is 0 Å². The van der Waals surface area contributed by atoms with E-state index in [1.165, 1.54) is 10.7 Å². The SMILES string of the molecule is COc1ccc(-c2ccc(=O)n(CCCC(=O)Nc3ccc4c(c3)OCCO4)n2)cc1. The van der Waals surface area contributed by atoms with Crippen LogP contribution in [-0.2, 0) is 11.3 Å². The molecule has 4 rings (SSSR count). The van der Waals surface area contributed by atoms with E-state index in [1.807, 2.05) is 24.3 Å². The van der Waals surface area contributed by atoms with E-state index >= 15 is 0 Å². The molecular weight excluding hydrogens is 398 g/mol. The van der Waals surface area contributed by atoms with Crippen molar-refractivity contribution in [1.29, 1.82) is 0 Å². The Labute approximate surface area is 179 Å². The van der Waals surface area contributed by atoms with E-state index < -0.39 is 0 Å². The van der Waals surface area contributed by atoms with Crippen LogP contribution in [0, 0.1) is 0 Å². The van der Waals surface area contributed by atoms with Gasteiger partial charge in [0.15, 0.2) is 11.5 Å². The van der Waals surface area contributed by atoms with Crippen molar-refractivity contribution in [1.82, 2.24) is 9.78 Å². The van der Waals surface area contributed by atoms with Crippen molar-refractivity contribution in [2.75, 3.05) is 25.6 Å². The molecule has 3 aromatic rings. The van der Waals surface area contributed by atoms with Gasteiger partial charge < -0.3 is 19.5 Å². The number of fused-ring (bicyclic) bond motifs is 1. The Morgan fingerprint density at radius 3 is 2.61 bits per heavy atom. The number of carbonyl (C=O) groups excluding carboxylic acids is 1. The topological polar surface area (TPSA) is 91.7 Å². The molecule has 0 fully saturated rings. The Hall–Kier alpha value is -3.81. The van der Waals surface area contributed by atoms with Gasteiger partial charge in [-0.2, -0.15) is 5.10 Å². The van der Waals surface area contributed by atoms with Crippen LogP contribution in [0.15, 0.2) is 59.4 Å². The van der Waals surface area contributed by atoms with Gasteiger partial charge in [0.1, 0.15) is 19.0 Å². The molecule has 0 bridgehead atoms. The average molecular weight is 421 g/mol. The molecule has 0 radical (unpaired) electrons. The number of nitrogens with zero attached hydrogens (tertiary/aromatic N) is 2. The number of carbonyl (C=O) groups is 1. The maximum Gasteiger partial charge on any atom is 0.266 e. The summed E-state index contributed by atoms with van der Waals surface area (Å²) in [6, 6.07) is 15.9. The molecule has 0 saturated heterocycles. The Morgan fingerprint density at radius 1 is 1.06 bits per heavy atom. The first-order chi connectivity index (χ1) is 15.1. The quantitative estimate of drug-likeness (QED) is 0.630. The number of anilines is 1. The number of rotatable bonds is 7. The third kappa shape index (κ3) is 5.03. The molecule has 8 heteroatoms. The van der Waals surface area contributed by atoms with Gasteiger partial charge in [-0.1, -0.05) is 0 Å². The molecule has 1 amide bonds. The first-order valence-electron chi connectivity index (χ1n) is 10.0. The minimum Gasteiger partial charge on any atom is -0.497 e. The van der Waals surface area contributed by atoms with E-state index in [9.17, 15) is 9.59 Å². The molecule has 1 aliphatic heterocycles. The van der Waals surface area contributed by atoms with Gasteiger partial charge in [-0.05, 0) is 48.9 Å². The number of methoxy groups -OCH3 is 1. The highest BCUT2D eigenvalue weighted by Crippen LogP contribution is 2.32. The summed E-state index contributed by atoms with van der Waals surface area (Å²) in [5.74, 6) is 1.90. The summed E-state index contributed by atoms with van der Waals surface area (Å²) >= 11 is 0. The molecule has 2 heterocycles. The highest BCUT2D eigenvalue weighted by atomic mass is 16.6. The summed E-state index contributed by atoms with van der Waals surface area (Å²) in [5.41, 5.74) is 2.00. The van der Waals surface area contributed by atoms with Crippen LogP contribution in [0.2, 0.25) is 0 Å². The maximum absolute atomic E-state index is 12.3. The fourth-order valence-electron chi connectivity index (χ4n) is 3.26. The number of ether oxygens (including phenoxy) is 3. The van der Waals surface area contributed by atoms with Gasteiger partial charge in [0, 0.05) is 36.3 Å². The third-order valence-corrected chi connectivity index (χ3v) is 4.85. The Balaban J connectivity index is 1.34. The number of benzene rings is 2. The Bertz CT molecular complexity index is 1120. The lowest BCUT2D eigenvalue weighted by Crippen LogP contribution is -2.23. The first-order valence-corrected chi connectivity index (χ1v) is 10.0. The van der Waals surface area contributed by atoms with Crippen LogP contribution in [0.1, 0.15) is 12.8 Å². The van der Waals surface area contributed by atoms with Crippen molar-refractivity contribution in [3.63, 3.8) is 0 Å². The second-order valence-electron chi connectivity index (χ2n) is 7.02. The summed E-state index contributed by atoms with van der Waals surface area (Å²) in [6.07, 6.45) is 0.741. The molecule has 1 aromatic heterocycles. The molecule has 1 aliphatic rings. The lowest BCUT2D eigenvalue weighted by molar-refractivity contribution is -0.116. The highest BCUT2D eigenvalue weighted by Gasteiger charge is 2.13. The lowest BCUT2D eigenvalue weighted by Gasteiger charge is -2.19. The Kier molecular flexibility index (Phi) is 6.16. The van der Waals surface area contributed by atoms with E-state index in [0.29, 0.717) is 49.1 Å². The molecule has 0 atom stereocenters. The van der Waals surface area contributed by atoms with Gasteiger partial charge in [-0.3, -0.25) is 9.59 Å². The maximum atomic E-state index is 12.3. The van der Waals surface area contributed by atoms with E-state index in [2.05, 4.69) is 10.4 Å². The minimum absolute atomic E-state index is 0.143. The largest absolute Gasteiger partial charge is 0.497 e. The molecule has 0 unspecified atom stereocenters. The molecule has 2 aromatic carbocycles. The van der Waals surface area contributed by atoms with Crippen LogP contribution in [0.25, 0.3) is 11.3 Å². The van der Waals surface area contributed by atoms with Crippen molar-refractivity contribution >= 4 is 11.6 Å². The van der Waals surface area contributed by atoms with E-state index in [0.717, 1.165) is 11.3 Å². The summed E-state index contributed by atoms with van der Waals surface area (Å²) in [4.78, 5) is 24.5. The van der Waals surface area contributed by atoms with Crippen molar-refractivity contribution in [2.45, 2.75) is 19.4 Å². The number of amides is 1. The van der Waals surface area contributed by atoms with E-state index in [1.54, 1.807) is 31.4 Å². The molecule has 1 N–H and O–H groups in total. The Morgan fingerprint density at radius 2 is 1.84 bits per heavy atom. The second kappa shape index (κ2) is 9.34. The van der Waals surface area contributed by atoms with Crippen molar-refractivity contribution in [3.05, 3.63) is 65.0 Å². The van der Waals surface area contributed by atoms with Crippen LogP contribution in [0.3, 0.4) is 0 Å². The van der Waals surface area contributed by atoms with Gasteiger partial charge in [0.05, 0.1) is 12.8 Å². The molecule has 31 heavy (non-hydrogen) atoms. The van der Waals surface area contributed by atoms with Crippen LogP contribution in [-0.4, -0.2) is 36.0 Å². The van der Waals surface area contributed by atoms with Crippen molar-refractivity contribution in [2.24, 2.45) is 0 Å². The summed E-state index contributed by atoms with van der Waals surface area (Å²) in [5, 5.41) is 7.28. The normalized spacial score (nSPS) is 12.3. The average Bonchev–Trinajstić information content (AvgIpc) is 2.80. The monoisotopic (exact) mass is 421 g/mol. The zero-order valence-electron chi connectivity index (χ0n) is 17.2. The molecule has 160 valence electrons. The second-order valence-corrected chi connectivity index (χ2v) is 7.02. The van der Waals surface area contributed by atoms with Crippen molar-refractivity contribution < 1.29 is 19.0 Å². The third-order valence-electron chi connectivity index (χ3n) is 4.85. The predicted molar refractivity (Wildman–Crippen MR) is 116 cm³/mol. The number of aryl methyl sites for hydroxylation is 1. The summed E-state index contributed by atoms with van der Waals surface area (Å²) < 4.78 is 17.6. The molecular formula is C23H23N3O5. The van der Waals surface area contributed by atoms with Gasteiger partial charge in [-0.25, -0.2) is 4.68 Å². The van der Waals surface area contributed by atoms with E-state index in [4.69, 9.17) is 14.2 Å². The predicted octanol–water partition coefficient (Wildman–Crippen LogP) is 3.11. The molecule has 0 aliphatic carbocycles. The van der Waals surface area contributed by atoms with Gasteiger partial charge in [0.2, 0.25) is 5.91 Å². The van der Waals surface area contributed by atoms with Crippen LogP contribution < -0.4 is 25.1 Å². The lowest BCUT2D eigenvalue weighted by atomic mass is 10.1. The van der Waals surface area contributed by atoms with Gasteiger partial charge in [-0.15, -0.1) is 0 Å². The number of nitrogens with one attached hydrogen (secondary N) is 1. The highest BCUT2D eigenvalue weighted by molar-refractivity contribution is 5.91. The zero-order valence-corrected chi connectivity index (χ0v) is 17.2. The fourth-order valence-corrected chi connectivity index (χ4v) is 3.26. The molecule has 8 nitrogen and oxygen atoms in total. The molecule has 0 saturated carbocycles. The number of aromatic nitrogens is 2. The zero-order chi connectivity index (χ0) is 21.6. The number of hydrogen-bond acceptors (Lipinski definition) is 6. The van der Waals surface area contributed by atoms with Gasteiger partial charge in [0.25, 0.3) is 5.56 Å². The van der Waals surface area contributed by atoms with E-state index in [-0.39, 0.29) is 17.9 Å². The number of hydrogen-bond donors (Lipinski definition) is 1.